The zero-order valence-corrected chi connectivity index (χ0v) is 15.1. The molecule has 4 aromatic rings. The first kappa shape index (κ1) is 17.1. The monoisotopic (exact) mass is 376 g/mol. The molecule has 1 N–H and O–H groups in total. The number of rotatable bonds is 5. The Morgan fingerprint density at radius 2 is 1.48 bits per heavy atom. The fraction of sp³-hybridized carbons (Fsp3) is 0. The van der Waals surface area contributed by atoms with Gasteiger partial charge in [0.1, 0.15) is 11.5 Å². The molecule has 0 fully saturated rings. The number of anilines is 1. The number of nitrogens with one attached hydrogen (secondary N) is 1. The first-order valence-electron chi connectivity index (χ1n) is 8.31. The average molecular weight is 376 g/mol. The molecular weight excluding hydrogens is 360 g/mol. The van der Waals surface area contributed by atoms with E-state index >= 15 is 0 Å². The van der Waals surface area contributed by atoms with Gasteiger partial charge >= 0.3 is 0 Å². The van der Waals surface area contributed by atoms with Crippen LogP contribution in [0.5, 0.6) is 11.5 Å². The van der Waals surface area contributed by atoms with Gasteiger partial charge in [-0.1, -0.05) is 42.5 Å². The molecular formula is C21H16N2O3S. The van der Waals surface area contributed by atoms with Crippen molar-refractivity contribution in [3.8, 4) is 11.5 Å². The molecule has 6 heteroatoms. The van der Waals surface area contributed by atoms with Crippen LogP contribution in [-0.4, -0.2) is 13.4 Å². The molecule has 0 unspecified atom stereocenters. The SMILES string of the molecule is O=S(=O)(Nc1cc(Oc2ccccc2)cc2cccnc12)c1ccccc1. The highest BCUT2D eigenvalue weighted by molar-refractivity contribution is 7.92. The van der Waals surface area contributed by atoms with Crippen LogP contribution in [0, 0.1) is 0 Å². The summed E-state index contributed by atoms with van der Waals surface area (Å²) in [5.74, 6) is 1.19. The van der Waals surface area contributed by atoms with Crippen LogP contribution in [0.15, 0.2) is 96.0 Å². The molecule has 4 rings (SSSR count). The van der Waals surface area contributed by atoms with Crippen molar-refractivity contribution < 1.29 is 13.2 Å². The summed E-state index contributed by atoms with van der Waals surface area (Å²) in [6.07, 6.45) is 1.63. The van der Waals surface area contributed by atoms with E-state index < -0.39 is 10.0 Å². The van der Waals surface area contributed by atoms with Gasteiger partial charge in [-0.05, 0) is 36.4 Å². The Morgan fingerprint density at radius 1 is 0.778 bits per heavy atom. The number of ether oxygens (including phenoxy) is 1. The Bertz CT molecular complexity index is 1180. The van der Waals surface area contributed by atoms with Gasteiger partial charge < -0.3 is 4.74 Å². The highest BCUT2D eigenvalue weighted by Gasteiger charge is 2.17. The normalized spacial score (nSPS) is 11.3. The fourth-order valence-corrected chi connectivity index (χ4v) is 3.81. The van der Waals surface area contributed by atoms with E-state index in [1.165, 1.54) is 0 Å². The predicted octanol–water partition coefficient (Wildman–Crippen LogP) is 4.83. The third-order valence-corrected chi connectivity index (χ3v) is 5.34. The maximum Gasteiger partial charge on any atom is 0.261 e. The summed E-state index contributed by atoms with van der Waals surface area (Å²) >= 11 is 0. The van der Waals surface area contributed by atoms with Gasteiger partial charge in [-0.15, -0.1) is 0 Å². The molecule has 1 aromatic heterocycles. The number of sulfonamides is 1. The Kier molecular flexibility index (Phi) is 4.48. The quantitative estimate of drug-likeness (QED) is 0.542. The van der Waals surface area contributed by atoms with Crippen LogP contribution in [-0.2, 0) is 10.0 Å². The number of nitrogens with zero attached hydrogens (tertiary/aromatic N) is 1. The highest BCUT2D eigenvalue weighted by atomic mass is 32.2. The van der Waals surface area contributed by atoms with Crippen molar-refractivity contribution in [3.05, 3.63) is 91.1 Å². The molecule has 0 saturated heterocycles. The van der Waals surface area contributed by atoms with Gasteiger partial charge in [0.25, 0.3) is 10.0 Å². The lowest BCUT2D eigenvalue weighted by molar-refractivity contribution is 0.483. The first-order valence-corrected chi connectivity index (χ1v) is 9.80. The van der Waals surface area contributed by atoms with Crippen molar-refractivity contribution in [1.82, 2.24) is 4.98 Å². The van der Waals surface area contributed by atoms with Crippen LogP contribution in [0.4, 0.5) is 5.69 Å². The van der Waals surface area contributed by atoms with Gasteiger partial charge in [0.2, 0.25) is 0 Å². The minimum Gasteiger partial charge on any atom is -0.457 e. The van der Waals surface area contributed by atoms with Crippen LogP contribution in [0.25, 0.3) is 10.9 Å². The summed E-state index contributed by atoms with van der Waals surface area (Å²) < 4.78 is 34.0. The van der Waals surface area contributed by atoms with Gasteiger partial charge in [0.05, 0.1) is 16.1 Å². The van der Waals surface area contributed by atoms with E-state index in [2.05, 4.69) is 9.71 Å². The third-order valence-electron chi connectivity index (χ3n) is 3.96. The Morgan fingerprint density at radius 3 is 2.22 bits per heavy atom. The zero-order chi connectivity index (χ0) is 18.7. The largest absolute Gasteiger partial charge is 0.457 e. The predicted molar refractivity (Wildman–Crippen MR) is 106 cm³/mol. The molecule has 27 heavy (non-hydrogen) atoms. The average Bonchev–Trinajstić information content (AvgIpc) is 2.69. The van der Waals surface area contributed by atoms with Crippen molar-refractivity contribution >= 4 is 26.6 Å². The van der Waals surface area contributed by atoms with Gasteiger partial charge in [-0.3, -0.25) is 9.71 Å². The summed E-state index contributed by atoms with van der Waals surface area (Å²) in [6.45, 7) is 0. The molecule has 0 aliphatic rings. The van der Waals surface area contributed by atoms with Crippen LogP contribution >= 0.6 is 0 Å². The maximum absolute atomic E-state index is 12.7. The molecule has 0 aliphatic heterocycles. The van der Waals surface area contributed by atoms with E-state index in [0.29, 0.717) is 22.7 Å². The Labute approximate surface area is 157 Å². The molecule has 0 amide bonds. The topological polar surface area (TPSA) is 68.3 Å². The molecule has 0 atom stereocenters. The van der Waals surface area contributed by atoms with Gasteiger partial charge in [0, 0.05) is 17.6 Å². The molecule has 0 saturated carbocycles. The summed E-state index contributed by atoms with van der Waals surface area (Å²) in [7, 11) is -3.74. The molecule has 5 nitrogen and oxygen atoms in total. The van der Waals surface area contributed by atoms with E-state index in [-0.39, 0.29) is 4.90 Å². The number of aromatic nitrogens is 1. The third kappa shape index (κ3) is 3.75. The van der Waals surface area contributed by atoms with Crippen LogP contribution in [0.1, 0.15) is 0 Å². The van der Waals surface area contributed by atoms with Crippen LogP contribution in [0.2, 0.25) is 0 Å². The molecule has 0 bridgehead atoms. The summed E-state index contributed by atoms with van der Waals surface area (Å²) in [5.41, 5.74) is 0.917. The smallest absolute Gasteiger partial charge is 0.261 e. The lowest BCUT2D eigenvalue weighted by Gasteiger charge is -2.13. The van der Waals surface area contributed by atoms with Crippen molar-refractivity contribution in [3.63, 3.8) is 0 Å². The molecule has 0 spiro atoms. The number of benzene rings is 3. The van der Waals surface area contributed by atoms with Gasteiger partial charge in [0.15, 0.2) is 0 Å². The number of hydrogen-bond acceptors (Lipinski definition) is 4. The fourth-order valence-electron chi connectivity index (χ4n) is 2.73. The van der Waals surface area contributed by atoms with Crippen molar-refractivity contribution in [2.24, 2.45) is 0 Å². The summed E-state index contributed by atoms with van der Waals surface area (Å²) in [4.78, 5) is 4.51. The van der Waals surface area contributed by atoms with Crippen molar-refractivity contribution in [2.75, 3.05) is 4.72 Å². The number of para-hydroxylation sites is 1. The minimum absolute atomic E-state index is 0.184. The Balaban J connectivity index is 1.77. The minimum atomic E-state index is -3.74. The van der Waals surface area contributed by atoms with Crippen LogP contribution < -0.4 is 9.46 Å². The second-order valence-corrected chi connectivity index (χ2v) is 7.56. The second-order valence-electron chi connectivity index (χ2n) is 5.88. The summed E-state index contributed by atoms with van der Waals surface area (Å²) in [5, 5.41) is 0.775. The lowest BCUT2D eigenvalue weighted by atomic mass is 10.2. The van der Waals surface area contributed by atoms with E-state index in [1.807, 2.05) is 42.5 Å². The molecule has 134 valence electrons. The van der Waals surface area contributed by atoms with Gasteiger partial charge in [-0.2, -0.15) is 0 Å². The standard InChI is InChI=1S/C21H16N2O3S/c24-27(25,19-11-5-2-6-12-19)23-20-15-18(26-17-9-3-1-4-10-17)14-16-8-7-13-22-21(16)20/h1-15,23H. The number of fused-ring (bicyclic) bond motifs is 1. The molecule has 0 aliphatic carbocycles. The number of pyridine rings is 1. The number of hydrogen-bond donors (Lipinski definition) is 1. The first-order chi connectivity index (χ1) is 13.1. The van der Waals surface area contributed by atoms with E-state index in [4.69, 9.17) is 4.74 Å². The zero-order valence-electron chi connectivity index (χ0n) is 14.2. The van der Waals surface area contributed by atoms with Gasteiger partial charge in [-0.25, -0.2) is 8.42 Å². The van der Waals surface area contributed by atoms with Crippen LogP contribution in [0.3, 0.4) is 0 Å². The Hall–Kier alpha value is -3.38. The second kappa shape index (κ2) is 7.09. The molecule has 3 aromatic carbocycles. The summed E-state index contributed by atoms with van der Waals surface area (Å²) in [6, 6.07) is 24.7. The molecule has 0 radical (unpaired) electrons. The van der Waals surface area contributed by atoms with E-state index in [9.17, 15) is 8.42 Å². The van der Waals surface area contributed by atoms with E-state index in [1.54, 1.807) is 48.7 Å². The van der Waals surface area contributed by atoms with E-state index in [0.717, 1.165) is 5.39 Å². The highest BCUT2D eigenvalue weighted by Crippen LogP contribution is 2.32. The maximum atomic E-state index is 12.7. The molecule has 1 heterocycles. The van der Waals surface area contributed by atoms with Crippen molar-refractivity contribution in [2.45, 2.75) is 4.90 Å². The lowest BCUT2D eigenvalue weighted by Crippen LogP contribution is -2.13. The van der Waals surface area contributed by atoms with Crippen molar-refractivity contribution in [1.29, 1.82) is 0 Å².